The van der Waals surface area contributed by atoms with Gasteiger partial charge in [-0.3, -0.25) is 4.79 Å². The number of unbranched alkanes of at least 4 members (excludes halogenated alkanes) is 14. The lowest BCUT2D eigenvalue weighted by molar-refractivity contribution is -0.145. The second-order valence-electron chi connectivity index (χ2n) is 11.1. The molecule has 7 heteroatoms. The van der Waals surface area contributed by atoms with E-state index in [1.807, 2.05) is 30.3 Å². The lowest BCUT2D eigenvalue weighted by atomic mass is 10.0. The zero-order chi connectivity index (χ0) is 28.7. The van der Waals surface area contributed by atoms with E-state index in [-0.39, 0.29) is 6.61 Å². The first kappa shape index (κ1) is 34.4. The number of terminal acetylenes is 1. The first-order valence-electron chi connectivity index (χ1n) is 15.8. The van der Waals surface area contributed by atoms with Crippen LogP contribution in [0.15, 0.2) is 30.3 Å². The number of hydrogen-bond donors (Lipinski definition) is 1. The topological polar surface area (TPSA) is 73.9 Å². The summed E-state index contributed by atoms with van der Waals surface area (Å²) < 4.78 is 29.4. The van der Waals surface area contributed by atoms with Crippen LogP contribution in [0, 0.1) is 12.3 Å². The van der Waals surface area contributed by atoms with Crippen LogP contribution in [-0.2, 0) is 29.8 Å². The summed E-state index contributed by atoms with van der Waals surface area (Å²) in [6.07, 6.45) is 26.8. The van der Waals surface area contributed by atoms with Crippen LogP contribution in [0.25, 0.3) is 0 Å². The summed E-state index contributed by atoms with van der Waals surface area (Å²) in [6, 6.07) is 8.85. The summed E-state index contributed by atoms with van der Waals surface area (Å²) in [5.41, 5.74) is 0.113. The largest absolute Gasteiger partial charge is 0.614 e. The minimum Gasteiger partial charge on any atom is -0.464 e. The van der Waals surface area contributed by atoms with E-state index in [1.54, 1.807) is 0 Å². The Morgan fingerprint density at radius 3 is 2.08 bits per heavy atom. The van der Waals surface area contributed by atoms with E-state index in [1.165, 1.54) is 83.5 Å². The molecule has 224 valence electrons. The number of carbonyl (C=O) groups excluding carboxylic acids is 1. The standard InChI is InChI=1S/C33H53NO5P/c1-3-5-6-7-8-9-10-11-12-13-14-15-16-17-21-26-37-32(35)31(28-30-23-19-18-20-24-30)34-40(36)39-29-33(4-2)25-22-27-38-33/h2,18-20,23-24,31H,3,5-17,21-22,25-29H2,1H3,(H,34,36)/q+1/t31-,33-/m0/s1. The molecule has 0 aliphatic carbocycles. The van der Waals surface area contributed by atoms with Crippen LogP contribution in [0.5, 0.6) is 0 Å². The summed E-state index contributed by atoms with van der Waals surface area (Å²) >= 11 is 0. The molecule has 1 N–H and O–H groups in total. The minimum absolute atomic E-state index is 0.0257. The molecule has 1 fully saturated rings. The van der Waals surface area contributed by atoms with E-state index in [4.69, 9.17) is 20.4 Å². The van der Waals surface area contributed by atoms with Crippen LogP contribution in [0.1, 0.15) is 122 Å². The van der Waals surface area contributed by atoms with Crippen molar-refractivity contribution < 1.29 is 23.4 Å². The highest BCUT2D eigenvalue weighted by molar-refractivity contribution is 7.36. The van der Waals surface area contributed by atoms with Crippen molar-refractivity contribution >= 4 is 14.1 Å². The summed E-state index contributed by atoms with van der Waals surface area (Å²) in [5, 5.41) is 2.82. The fourth-order valence-electron chi connectivity index (χ4n) is 5.07. The lowest BCUT2D eigenvalue weighted by Crippen LogP contribution is -2.37. The highest BCUT2D eigenvalue weighted by atomic mass is 31.1. The first-order chi connectivity index (χ1) is 19.6. The quantitative estimate of drug-likeness (QED) is 0.0578. The first-order valence-corrected chi connectivity index (χ1v) is 16.9. The predicted molar refractivity (Wildman–Crippen MR) is 163 cm³/mol. The summed E-state index contributed by atoms with van der Waals surface area (Å²) in [7, 11) is -2.32. The second kappa shape index (κ2) is 21.9. The fourth-order valence-corrected chi connectivity index (χ4v) is 5.92. The minimum atomic E-state index is -2.32. The molecule has 1 heterocycles. The summed E-state index contributed by atoms with van der Waals surface area (Å²) in [4.78, 5) is 12.9. The number of esters is 1. The Morgan fingerprint density at radius 2 is 1.55 bits per heavy atom. The maximum absolute atomic E-state index is 12.9. The molecule has 1 aliphatic rings. The van der Waals surface area contributed by atoms with E-state index in [9.17, 15) is 9.36 Å². The van der Waals surface area contributed by atoms with Crippen molar-refractivity contribution in [2.75, 3.05) is 19.8 Å². The van der Waals surface area contributed by atoms with Gasteiger partial charge in [0.2, 0.25) is 0 Å². The number of carbonyl (C=O) groups is 1. The average molecular weight is 575 g/mol. The second-order valence-corrected chi connectivity index (χ2v) is 12.1. The maximum Gasteiger partial charge on any atom is 0.614 e. The zero-order valence-electron chi connectivity index (χ0n) is 24.9. The number of hydrogen-bond acceptors (Lipinski definition) is 5. The molecule has 0 saturated carbocycles. The Balaban J connectivity index is 1.58. The zero-order valence-corrected chi connectivity index (χ0v) is 25.8. The monoisotopic (exact) mass is 574 g/mol. The SMILES string of the molecule is C#C[C@@]1(CO[P+](=O)N[C@@H](Cc2ccccc2)C(=O)OCCCCCCCCCCCCCCCCC)CCCO1. The number of benzene rings is 1. The molecule has 1 aliphatic heterocycles. The molecule has 3 atom stereocenters. The van der Waals surface area contributed by atoms with E-state index in [2.05, 4.69) is 17.9 Å². The van der Waals surface area contributed by atoms with Crippen LogP contribution >= 0.6 is 8.18 Å². The van der Waals surface area contributed by atoms with Gasteiger partial charge >= 0.3 is 14.1 Å². The van der Waals surface area contributed by atoms with Gasteiger partial charge in [0, 0.05) is 13.0 Å². The van der Waals surface area contributed by atoms with E-state index < -0.39 is 25.8 Å². The van der Waals surface area contributed by atoms with Crippen LogP contribution in [0.2, 0.25) is 0 Å². The molecular formula is C33H53NO5P+. The van der Waals surface area contributed by atoms with Crippen molar-refractivity contribution in [1.29, 1.82) is 0 Å². The van der Waals surface area contributed by atoms with Gasteiger partial charge in [0.15, 0.2) is 11.6 Å². The molecule has 40 heavy (non-hydrogen) atoms. The van der Waals surface area contributed by atoms with Gasteiger partial charge in [0.1, 0.15) is 6.61 Å². The molecule has 0 bridgehead atoms. The third-order valence-electron chi connectivity index (χ3n) is 7.60. The molecule has 0 aromatic heterocycles. The van der Waals surface area contributed by atoms with Gasteiger partial charge in [-0.25, -0.2) is 0 Å². The molecule has 0 radical (unpaired) electrons. The van der Waals surface area contributed by atoms with Gasteiger partial charge in [-0.15, -0.1) is 10.9 Å². The molecule has 6 nitrogen and oxygen atoms in total. The Kier molecular flexibility index (Phi) is 18.9. The Bertz CT molecular complexity index is 850. The van der Waals surface area contributed by atoms with Crippen molar-refractivity contribution in [3.05, 3.63) is 35.9 Å². The third-order valence-corrected chi connectivity index (χ3v) is 8.49. The number of ether oxygens (including phenoxy) is 2. The third kappa shape index (κ3) is 15.3. The van der Waals surface area contributed by atoms with Gasteiger partial charge in [0.05, 0.1) is 6.61 Å². The van der Waals surface area contributed by atoms with Crippen LogP contribution in [-0.4, -0.2) is 37.4 Å². The van der Waals surface area contributed by atoms with Gasteiger partial charge in [0.25, 0.3) is 0 Å². The van der Waals surface area contributed by atoms with Crippen molar-refractivity contribution in [2.45, 2.75) is 134 Å². The summed E-state index contributed by atoms with van der Waals surface area (Å²) in [6.45, 7) is 3.23. The number of nitrogens with one attached hydrogen (secondary N) is 1. The maximum atomic E-state index is 12.9. The fraction of sp³-hybridized carbons (Fsp3) is 0.727. The molecule has 2 rings (SSSR count). The molecule has 1 saturated heterocycles. The summed E-state index contributed by atoms with van der Waals surface area (Å²) in [5.74, 6) is 2.21. The van der Waals surface area contributed by atoms with Gasteiger partial charge in [-0.1, -0.05) is 138 Å². The van der Waals surface area contributed by atoms with Crippen molar-refractivity contribution in [3.63, 3.8) is 0 Å². The van der Waals surface area contributed by atoms with Crippen molar-refractivity contribution in [1.82, 2.24) is 5.09 Å². The van der Waals surface area contributed by atoms with Crippen LogP contribution in [0.4, 0.5) is 0 Å². The lowest BCUT2D eigenvalue weighted by Gasteiger charge is -2.18. The van der Waals surface area contributed by atoms with Crippen LogP contribution < -0.4 is 5.09 Å². The highest BCUT2D eigenvalue weighted by Crippen LogP contribution is 2.29. The predicted octanol–water partition coefficient (Wildman–Crippen LogP) is 8.46. The Hall–Kier alpha value is -1.77. The van der Waals surface area contributed by atoms with E-state index in [0.29, 0.717) is 26.1 Å². The Labute approximate surface area is 244 Å². The molecular weight excluding hydrogens is 521 g/mol. The normalized spacial score (nSPS) is 17.9. The van der Waals surface area contributed by atoms with Crippen molar-refractivity contribution in [2.24, 2.45) is 0 Å². The number of rotatable bonds is 24. The van der Waals surface area contributed by atoms with Gasteiger partial charge < -0.3 is 9.47 Å². The average Bonchev–Trinajstić information content (AvgIpc) is 3.45. The molecule has 0 spiro atoms. The van der Waals surface area contributed by atoms with Gasteiger partial charge in [-0.2, -0.15) is 0 Å². The highest BCUT2D eigenvalue weighted by Gasteiger charge is 2.39. The Morgan fingerprint density at radius 1 is 0.975 bits per heavy atom. The molecule has 1 aromatic carbocycles. The molecule has 0 amide bonds. The molecule has 1 aromatic rings. The van der Waals surface area contributed by atoms with E-state index in [0.717, 1.165) is 24.8 Å². The van der Waals surface area contributed by atoms with Crippen molar-refractivity contribution in [3.8, 4) is 12.3 Å². The van der Waals surface area contributed by atoms with E-state index >= 15 is 0 Å². The smallest absolute Gasteiger partial charge is 0.464 e. The van der Waals surface area contributed by atoms with Crippen LogP contribution in [0.3, 0.4) is 0 Å². The molecule has 1 unspecified atom stereocenters. The van der Waals surface area contributed by atoms with Gasteiger partial charge in [-0.05, 0) is 29.4 Å².